The van der Waals surface area contributed by atoms with Gasteiger partial charge in [0, 0.05) is 30.3 Å². The van der Waals surface area contributed by atoms with Crippen LogP contribution in [0.5, 0.6) is 0 Å². The van der Waals surface area contributed by atoms with E-state index in [1.807, 2.05) is 0 Å². The molecule has 1 aliphatic carbocycles. The first-order chi connectivity index (χ1) is 13.9. The highest BCUT2D eigenvalue weighted by molar-refractivity contribution is 7.94. The summed E-state index contributed by atoms with van der Waals surface area (Å²) >= 11 is 1.12. The Kier molecular flexibility index (Phi) is 7.27. The number of benzene rings is 1. The van der Waals surface area contributed by atoms with Crippen molar-refractivity contribution in [1.82, 2.24) is 10.6 Å². The second kappa shape index (κ2) is 9.89. The number of thiophene rings is 1. The summed E-state index contributed by atoms with van der Waals surface area (Å²) < 4.78 is 27.3. The third kappa shape index (κ3) is 6.30. The fourth-order valence-corrected chi connectivity index (χ4v) is 5.33. The van der Waals surface area contributed by atoms with E-state index in [9.17, 15) is 18.0 Å². The van der Waals surface area contributed by atoms with E-state index in [1.165, 1.54) is 18.6 Å². The van der Waals surface area contributed by atoms with Gasteiger partial charge < -0.3 is 10.6 Å². The Labute approximate surface area is 175 Å². The van der Waals surface area contributed by atoms with E-state index < -0.39 is 10.0 Å². The number of rotatable bonds is 8. The zero-order chi connectivity index (χ0) is 20.7. The van der Waals surface area contributed by atoms with Crippen molar-refractivity contribution in [3.8, 4) is 0 Å². The molecular weight excluding hydrogens is 410 g/mol. The van der Waals surface area contributed by atoms with Crippen molar-refractivity contribution < 1.29 is 18.0 Å². The first-order valence-electron chi connectivity index (χ1n) is 9.68. The predicted molar refractivity (Wildman–Crippen MR) is 114 cm³/mol. The number of anilines is 1. The quantitative estimate of drug-likeness (QED) is 0.592. The molecule has 0 atom stereocenters. The average Bonchev–Trinajstić information content (AvgIpc) is 3.24. The summed E-state index contributed by atoms with van der Waals surface area (Å²) in [4.78, 5) is 24.4. The molecule has 0 bridgehead atoms. The lowest BCUT2D eigenvalue weighted by molar-refractivity contribution is -0.121. The Morgan fingerprint density at radius 3 is 2.59 bits per heavy atom. The maximum atomic E-state index is 12.3. The summed E-state index contributed by atoms with van der Waals surface area (Å²) in [6.07, 6.45) is 5.78. The molecular formula is C20H25N3O4S2. The summed E-state index contributed by atoms with van der Waals surface area (Å²) in [5.41, 5.74) is 0.630. The van der Waals surface area contributed by atoms with Gasteiger partial charge >= 0.3 is 0 Å². The molecule has 1 aliphatic rings. The van der Waals surface area contributed by atoms with Gasteiger partial charge in [-0.25, -0.2) is 8.42 Å². The minimum absolute atomic E-state index is 0.0605. The summed E-state index contributed by atoms with van der Waals surface area (Å²) in [6.45, 7) is 0.225. The van der Waals surface area contributed by atoms with E-state index >= 15 is 0 Å². The number of hydrogen-bond acceptors (Lipinski definition) is 5. The summed E-state index contributed by atoms with van der Waals surface area (Å²) in [6, 6.07) is 9.69. The largest absolute Gasteiger partial charge is 0.353 e. The van der Waals surface area contributed by atoms with E-state index in [0.29, 0.717) is 11.3 Å². The van der Waals surface area contributed by atoms with E-state index in [4.69, 9.17) is 0 Å². The number of carbonyl (C=O) groups is 2. The van der Waals surface area contributed by atoms with Crippen LogP contribution in [0.2, 0.25) is 0 Å². The van der Waals surface area contributed by atoms with Crippen molar-refractivity contribution in [2.24, 2.45) is 0 Å². The van der Waals surface area contributed by atoms with Crippen molar-refractivity contribution in [2.75, 3.05) is 11.3 Å². The minimum Gasteiger partial charge on any atom is -0.353 e. The van der Waals surface area contributed by atoms with Gasteiger partial charge in [0.2, 0.25) is 5.91 Å². The van der Waals surface area contributed by atoms with Gasteiger partial charge in [-0.15, -0.1) is 11.3 Å². The zero-order valence-corrected chi connectivity index (χ0v) is 17.7. The van der Waals surface area contributed by atoms with Crippen LogP contribution in [0.25, 0.3) is 0 Å². The Hall–Kier alpha value is -2.39. The van der Waals surface area contributed by atoms with E-state index in [2.05, 4.69) is 15.4 Å². The molecule has 29 heavy (non-hydrogen) atoms. The lowest BCUT2D eigenvalue weighted by Crippen LogP contribution is -2.38. The van der Waals surface area contributed by atoms with Crippen LogP contribution in [0.15, 0.2) is 46.0 Å². The van der Waals surface area contributed by atoms with Crippen molar-refractivity contribution in [3.05, 3.63) is 47.3 Å². The second-order valence-corrected chi connectivity index (χ2v) is 9.88. The van der Waals surface area contributed by atoms with Gasteiger partial charge in [0.05, 0.1) is 0 Å². The third-order valence-corrected chi connectivity index (χ3v) is 7.52. The van der Waals surface area contributed by atoms with Crippen LogP contribution in [0, 0.1) is 0 Å². The van der Waals surface area contributed by atoms with Gasteiger partial charge in [-0.2, -0.15) is 0 Å². The molecule has 1 aromatic carbocycles. The molecule has 0 aliphatic heterocycles. The first kappa shape index (κ1) is 21.3. The molecule has 2 amide bonds. The van der Waals surface area contributed by atoms with Gasteiger partial charge in [0.15, 0.2) is 0 Å². The molecule has 0 spiro atoms. The highest BCUT2D eigenvalue weighted by atomic mass is 32.2. The van der Waals surface area contributed by atoms with Crippen LogP contribution in [0.1, 0.15) is 48.9 Å². The van der Waals surface area contributed by atoms with Gasteiger partial charge in [0.1, 0.15) is 4.21 Å². The molecule has 3 rings (SSSR count). The highest BCUT2D eigenvalue weighted by Crippen LogP contribution is 2.21. The first-order valence-corrected chi connectivity index (χ1v) is 12.0. The highest BCUT2D eigenvalue weighted by Gasteiger charge is 2.17. The number of hydrogen-bond donors (Lipinski definition) is 3. The average molecular weight is 436 g/mol. The molecule has 0 saturated heterocycles. The second-order valence-electron chi connectivity index (χ2n) is 7.03. The third-order valence-electron chi connectivity index (χ3n) is 4.74. The molecule has 2 aromatic rings. The van der Waals surface area contributed by atoms with Crippen LogP contribution < -0.4 is 15.4 Å². The van der Waals surface area contributed by atoms with Crippen LogP contribution in [-0.2, 0) is 14.8 Å². The van der Waals surface area contributed by atoms with Crippen LogP contribution >= 0.6 is 11.3 Å². The van der Waals surface area contributed by atoms with Crippen molar-refractivity contribution in [2.45, 2.75) is 48.8 Å². The van der Waals surface area contributed by atoms with Gasteiger partial charge in [-0.3, -0.25) is 14.3 Å². The molecule has 0 radical (unpaired) electrons. The topological polar surface area (TPSA) is 104 Å². The molecule has 1 heterocycles. The fraction of sp³-hybridized carbons (Fsp3) is 0.400. The predicted octanol–water partition coefficient (Wildman–Crippen LogP) is 3.12. The van der Waals surface area contributed by atoms with Gasteiger partial charge in [-0.05, 0) is 42.5 Å². The van der Waals surface area contributed by atoms with Crippen molar-refractivity contribution in [3.63, 3.8) is 0 Å². The van der Waals surface area contributed by atoms with E-state index in [1.54, 1.807) is 29.6 Å². The number of carbonyl (C=O) groups excluding carboxylic acids is 2. The number of amides is 2. The Morgan fingerprint density at radius 1 is 1.07 bits per heavy atom. The van der Waals surface area contributed by atoms with E-state index in [-0.39, 0.29) is 35.0 Å². The number of sulfonamides is 1. The van der Waals surface area contributed by atoms with Crippen molar-refractivity contribution >= 4 is 38.9 Å². The Balaban J connectivity index is 1.49. The monoisotopic (exact) mass is 435 g/mol. The molecule has 3 N–H and O–H groups in total. The van der Waals surface area contributed by atoms with E-state index in [0.717, 1.165) is 37.0 Å². The van der Waals surface area contributed by atoms with Crippen molar-refractivity contribution in [1.29, 1.82) is 0 Å². The Bertz CT molecular complexity index is 936. The molecule has 7 nitrogen and oxygen atoms in total. The molecule has 1 fully saturated rings. The van der Waals surface area contributed by atoms with Gasteiger partial charge in [0.25, 0.3) is 15.9 Å². The number of nitrogens with one attached hydrogen (secondary N) is 3. The zero-order valence-electron chi connectivity index (χ0n) is 16.0. The lowest BCUT2D eigenvalue weighted by atomic mass is 9.95. The maximum absolute atomic E-state index is 12.3. The normalized spacial score (nSPS) is 14.9. The maximum Gasteiger partial charge on any atom is 0.271 e. The lowest BCUT2D eigenvalue weighted by Gasteiger charge is -2.22. The molecule has 156 valence electrons. The molecule has 1 aromatic heterocycles. The molecule has 0 unspecified atom stereocenters. The van der Waals surface area contributed by atoms with Crippen LogP contribution in [0.4, 0.5) is 5.69 Å². The summed E-state index contributed by atoms with van der Waals surface area (Å²) in [5.74, 6) is -0.415. The van der Waals surface area contributed by atoms with Crippen LogP contribution in [0.3, 0.4) is 0 Å². The smallest absolute Gasteiger partial charge is 0.271 e. The standard InChI is InChI=1S/C20H25N3O4S2/c24-18(22-16-7-2-1-3-8-16)11-12-21-20(25)15-6-4-9-17(14-15)23-29(26,27)19-10-5-13-28-19/h4-6,9-10,13-14,16,23H,1-3,7-8,11-12H2,(H,21,25)(H,22,24). The molecule has 1 saturated carbocycles. The Morgan fingerprint density at radius 2 is 1.86 bits per heavy atom. The van der Waals surface area contributed by atoms with Crippen LogP contribution in [-0.4, -0.2) is 32.8 Å². The summed E-state index contributed by atoms with van der Waals surface area (Å²) in [5, 5.41) is 7.41. The van der Waals surface area contributed by atoms with Gasteiger partial charge in [-0.1, -0.05) is 31.4 Å². The fourth-order valence-electron chi connectivity index (χ4n) is 3.28. The SMILES string of the molecule is O=C(CCNC(=O)c1cccc(NS(=O)(=O)c2cccs2)c1)NC1CCCCC1. The minimum atomic E-state index is -3.67. The molecule has 9 heteroatoms. The summed E-state index contributed by atoms with van der Waals surface area (Å²) in [7, 11) is -3.67.